The minimum absolute atomic E-state index is 0.0520. The fourth-order valence-corrected chi connectivity index (χ4v) is 4.27. The summed E-state index contributed by atoms with van der Waals surface area (Å²) in [4.78, 5) is 15.5. The van der Waals surface area contributed by atoms with Gasteiger partial charge in [-0.15, -0.1) is 0 Å². The molecule has 0 radical (unpaired) electrons. The van der Waals surface area contributed by atoms with Gasteiger partial charge in [0.05, 0.1) is 34.8 Å². The number of piperidine rings is 1. The predicted molar refractivity (Wildman–Crippen MR) is 126 cm³/mol. The molecule has 1 N–H and O–H groups in total. The van der Waals surface area contributed by atoms with E-state index in [1.54, 1.807) is 6.20 Å². The number of anilines is 1. The maximum absolute atomic E-state index is 13.2. The third kappa shape index (κ3) is 4.52. The summed E-state index contributed by atoms with van der Waals surface area (Å²) in [5.41, 5.74) is 5.53. The summed E-state index contributed by atoms with van der Waals surface area (Å²) in [6.07, 6.45) is 3.46. The second-order valence-electron chi connectivity index (χ2n) is 8.74. The molecular formula is C26H29N5O. The number of aryl methyl sites for hydroxylation is 1. The van der Waals surface area contributed by atoms with Crippen LogP contribution in [0.3, 0.4) is 0 Å². The Hall–Kier alpha value is -3.59. The van der Waals surface area contributed by atoms with Gasteiger partial charge in [-0.3, -0.25) is 4.79 Å². The van der Waals surface area contributed by atoms with Gasteiger partial charge in [0.1, 0.15) is 0 Å². The number of carbonyl (C=O) groups is 1. The van der Waals surface area contributed by atoms with E-state index < -0.39 is 0 Å². The van der Waals surface area contributed by atoms with Gasteiger partial charge in [-0.2, -0.15) is 10.4 Å². The third-order valence-corrected chi connectivity index (χ3v) is 6.07. The molecule has 1 saturated heterocycles. The number of carbonyl (C=O) groups excluding carboxylic acids is 1. The van der Waals surface area contributed by atoms with Gasteiger partial charge in [0.15, 0.2) is 0 Å². The van der Waals surface area contributed by atoms with E-state index in [-0.39, 0.29) is 17.9 Å². The number of nitrogens with one attached hydrogen (secondary N) is 1. The Bertz CT molecular complexity index is 1110. The number of rotatable bonds is 5. The minimum Gasteiger partial charge on any atom is -0.371 e. The van der Waals surface area contributed by atoms with Gasteiger partial charge >= 0.3 is 0 Å². The highest BCUT2D eigenvalue weighted by Crippen LogP contribution is 2.25. The quantitative estimate of drug-likeness (QED) is 0.647. The molecule has 1 fully saturated rings. The molecule has 6 heteroatoms. The molecule has 32 heavy (non-hydrogen) atoms. The number of hydrogen-bond donors (Lipinski definition) is 1. The molecule has 0 saturated carbocycles. The van der Waals surface area contributed by atoms with Crippen LogP contribution in [0.5, 0.6) is 0 Å². The van der Waals surface area contributed by atoms with Crippen molar-refractivity contribution in [3.63, 3.8) is 0 Å². The van der Waals surface area contributed by atoms with Crippen molar-refractivity contribution >= 4 is 11.6 Å². The van der Waals surface area contributed by atoms with Crippen molar-refractivity contribution in [1.82, 2.24) is 15.1 Å². The number of aromatic nitrogens is 2. The Balaban J connectivity index is 1.43. The minimum atomic E-state index is -0.0520. The zero-order valence-electron chi connectivity index (χ0n) is 18.9. The molecule has 6 nitrogen and oxygen atoms in total. The summed E-state index contributed by atoms with van der Waals surface area (Å²) in [6, 6.07) is 18.2. The predicted octanol–water partition coefficient (Wildman–Crippen LogP) is 4.57. The molecule has 4 rings (SSSR count). The van der Waals surface area contributed by atoms with Crippen LogP contribution in [0.4, 0.5) is 5.69 Å². The Morgan fingerprint density at radius 2 is 1.69 bits per heavy atom. The topological polar surface area (TPSA) is 74.0 Å². The summed E-state index contributed by atoms with van der Waals surface area (Å²) in [5.74, 6) is 0.113. The standard InChI is InChI=1S/C26H29N5O/c1-18(2)25-24(17-28-31(25)23-8-4-19(3)5-9-23)26(32)29-21-12-14-30(15-13-21)22-10-6-20(16-27)7-11-22/h4-11,17-18,21H,12-15H2,1-3H3,(H,29,32). The molecule has 0 aliphatic carbocycles. The average molecular weight is 428 g/mol. The van der Waals surface area contributed by atoms with E-state index in [4.69, 9.17) is 5.26 Å². The maximum Gasteiger partial charge on any atom is 0.255 e. The summed E-state index contributed by atoms with van der Waals surface area (Å²) in [5, 5.41) is 16.7. The van der Waals surface area contributed by atoms with Gasteiger partial charge in [-0.1, -0.05) is 31.5 Å². The normalized spacial score (nSPS) is 14.4. The van der Waals surface area contributed by atoms with Crippen LogP contribution >= 0.6 is 0 Å². The first kappa shape index (κ1) is 21.6. The Morgan fingerprint density at radius 1 is 1.06 bits per heavy atom. The molecule has 0 bridgehead atoms. The highest BCUT2D eigenvalue weighted by molar-refractivity contribution is 5.95. The van der Waals surface area contributed by atoms with E-state index in [2.05, 4.69) is 54.3 Å². The SMILES string of the molecule is Cc1ccc(-n2ncc(C(=O)NC3CCN(c4ccc(C#N)cc4)CC3)c2C(C)C)cc1. The van der Waals surface area contributed by atoms with Gasteiger partial charge < -0.3 is 10.2 Å². The lowest BCUT2D eigenvalue weighted by Crippen LogP contribution is -2.44. The molecule has 2 heterocycles. The third-order valence-electron chi connectivity index (χ3n) is 6.07. The molecule has 164 valence electrons. The summed E-state index contributed by atoms with van der Waals surface area (Å²) in [7, 11) is 0. The van der Waals surface area contributed by atoms with Crippen molar-refractivity contribution in [1.29, 1.82) is 5.26 Å². The van der Waals surface area contributed by atoms with Crippen LogP contribution in [-0.4, -0.2) is 34.8 Å². The van der Waals surface area contributed by atoms with E-state index in [0.717, 1.165) is 43.0 Å². The summed E-state index contributed by atoms with van der Waals surface area (Å²) >= 11 is 0. The fraction of sp³-hybridized carbons (Fsp3) is 0.346. The average Bonchev–Trinajstić information content (AvgIpc) is 3.26. The van der Waals surface area contributed by atoms with Crippen molar-refractivity contribution in [3.05, 3.63) is 77.1 Å². The lowest BCUT2D eigenvalue weighted by atomic mass is 10.0. The van der Waals surface area contributed by atoms with Crippen LogP contribution < -0.4 is 10.2 Å². The first-order chi connectivity index (χ1) is 15.5. The highest BCUT2D eigenvalue weighted by Gasteiger charge is 2.25. The Kier molecular flexibility index (Phi) is 6.27. The van der Waals surface area contributed by atoms with Crippen LogP contribution in [0.2, 0.25) is 0 Å². The van der Waals surface area contributed by atoms with Gasteiger partial charge in [-0.25, -0.2) is 4.68 Å². The van der Waals surface area contributed by atoms with Crippen molar-refractivity contribution in [2.45, 2.75) is 45.6 Å². The zero-order valence-corrected chi connectivity index (χ0v) is 18.9. The lowest BCUT2D eigenvalue weighted by Gasteiger charge is -2.34. The van der Waals surface area contributed by atoms with Crippen LogP contribution in [-0.2, 0) is 0 Å². The molecule has 2 aromatic carbocycles. The molecule has 1 aliphatic rings. The second kappa shape index (κ2) is 9.27. The number of amides is 1. The first-order valence-electron chi connectivity index (χ1n) is 11.2. The molecule has 1 aliphatic heterocycles. The monoisotopic (exact) mass is 427 g/mol. The van der Waals surface area contributed by atoms with E-state index >= 15 is 0 Å². The van der Waals surface area contributed by atoms with Crippen LogP contribution in [0.15, 0.2) is 54.7 Å². The van der Waals surface area contributed by atoms with Crippen molar-refractivity contribution in [2.75, 3.05) is 18.0 Å². The van der Waals surface area contributed by atoms with Gasteiger partial charge in [0.2, 0.25) is 0 Å². The van der Waals surface area contributed by atoms with E-state index in [1.165, 1.54) is 5.56 Å². The van der Waals surface area contributed by atoms with E-state index in [1.807, 2.05) is 41.1 Å². The molecule has 0 spiro atoms. The lowest BCUT2D eigenvalue weighted by molar-refractivity contribution is 0.0929. The molecule has 0 atom stereocenters. The smallest absolute Gasteiger partial charge is 0.255 e. The van der Waals surface area contributed by atoms with Crippen molar-refractivity contribution < 1.29 is 4.79 Å². The summed E-state index contributed by atoms with van der Waals surface area (Å²) in [6.45, 7) is 7.98. The van der Waals surface area contributed by atoms with Crippen LogP contribution in [0.1, 0.15) is 59.8 Å². The molecular weight excluding hydrogens is 398 g/mol. The Morgan fingerprint density at radius 3 is 2.28 bits per heavy atom. The summed E-state index contributed by atoms with van der Waals surface area (Å²) < 4.78 is 1.88. The van der Waals surface area contributed by atoms with Crippen LogP contribution in [0.25, 0.3) is 5.69 Å². The number of nitriles is 1. The van der Waals surface area contributed by atoms with Crippen LogP contribution in [0, 0.1) is 18.3 Å². The number of benzene rings is 2. The molecule has 1 aromatic heterocycles. The van der Waals surface area contributed by atoms with Gasteiger partial charge in [0.25, 0.3) is 5.91 Å². The number of hydrogen-bond acceptors (Lipinski definition) is 4. The molecule has 1 amide bonds. The zero-order chi connectivity index (χ0) is 22.7. The molecule has 3 aromatic rings. The Labute approximate surface area is 189 Å². The van der Waals surface area contributed by atoms with Crippen molar-refractivity contribution in [2.24, 2.45) is 0 Å². The van der Waals surface area contributed by atoms with Gasteiger partial charge in [-0.05, 0) is 62.1 Å². The van der Waals surface area contributed by atoms with E-state index in [9.17, 15) is 4.79 Å². The first-order valence-corrected chi connectivity index (χ1v) is 11.2. The van der Waals surface area contributed by atoms with Gasteiger partial charge in [0, 0.05) is 24.8 Å². The molecule has 0 unspecified atom stereocenters. The largest absolute Gasteiger partial charge is 0.371 e. The highest BCUT2D eigenvalue weighted by atomic mass is 16.1. The fourth-order valence-electron chi connectivity index (χ4n) is 4.27. The second-order valence-corrected chi connectivity index (χ2v) is 8.74. The maximum atomic E-state index is 13.2. The van der Waals surface area contributed by atoms with Crippen molar-refractivity contribution in [3.8, 4) is 11.8 Å². The van der Waals surface area contributed by atoms with E-state index in [0.29, 0.717) is 11.1 Å². The number of nitrogens with zero attached hydrogens (tertiary/aromatic N) is 4.